The third-order valence-corrected chi connectivity index (χ3v) is 5.23. The molecule has 118 valence electrons. The summed E-state index contributed by atoms with van der Waals surface area (Å²) in [5.74, 6) is -0.805. The molecule has 1 rings (SSSR count). The molecule has 8 heteroatoms. The summed E-state index contributed by atoms with van der Waals surface area (Å²) >= 11 is 9.14. The highest BCUT2D eigenvalue weighted by Gasteiger charge is 2.17. The lowest BCUT2D eigenvalue weighted by Gasteiger charge is -2.08. The van der Waals surface area contributed by atoms with Gasteiger partial charge in [-0.05, 0) is 31.0 Å². The van der Waals surface area contributed by atoms with Crippen LogP contribution < -0.4 is 4.72 Å². The van der Waals surface area contributed by atoms with Gasteiger partial charge in [0.1, 0.15) is 4.90 Å². The zero-order chi connectivity index (χ0) is 15.9. The van der Waals surface area contributed by atoms with Crippen LogP contribution in [0, 0.1) is 0 Å². The third-order valence-electron chi connectivity index (χ3n) is 2.79. The second-order valence-electron chi connectivity index (χ2n) is 4.53. The van der Waals surface area contributed by atoms with Crippen molar-refractivity contribution in [2.24, 2.45) is 0 Å². The fraction of sp³-hybridized carbons (Fsp3) is 0.462. The molecule has 5 nitrogen and oxygen atoms in total. The molecule has 0 saturated carbocycles. The molecule has 0 radical (unpaired) electrons. The molecule has 2 N–H and O–H groups in total. The van der Waals surface area contributed by atoms with Crippen LogP contribution >= 0.6 is 27.5 Å². The first-order valence-electron chi connectivity index (χ1n) is 6.49. The van der Waals surface area contributed by atoms with Crippen LogP contribution in [0.1, 0.15) is 32.1 Å². The van der Waals surface area contributed by atoms with E-state index < -0.39 is 16.0 Å². The van der Waals surface area contributed by atoms with E-state index in [1.807, 2.05) is 0 Å². The van der Waals surface area contributed by atoms with Gasteiger partial charge in [0.05, 0.1) is 5.02 Å². The molecule has 0 atom stereocenters. The molecule has 0 fully saturated rings. The van der Waals surface area contributed by atoms with E-state index in [2.05, 4.69) is 20.7 Å². The zero-order valence-electron chi connectivity index (χ0n) is 11.3. The molecule has 0 bridgehead atoms. The largest absolute Gasteiger partial charge is 0.481 e. The van der Waals surface area contributed by atoms with Crippen LogP contribution in [-0.4, -0.2) is 26.0 Å². The van der Waals surface area contributed by atoms with Gasteiger partial charge < -0.3 is 5.11 Å². The Labute approximate surface area is 137 Å². The predicted molar refractivity (Wildman–Crippen MR) is 85.1 cm³/mol. The molecular formula is C13H17BrClNO4S. The Morgan fingerprint density at radius 3 is 2.52 bits per heavy atom. The second kappa shape index (κ2) is 8.73. The van der Waals surface area contributed by atoms with Gasteiger partial charge in [-0.2, -0.15) is 0 Å². The lowest BCUT2D eigenvalue weighted by atomic mass is 10.1. The Morgan fingerprint density at radius 2 is 1.90 bits per heavy atom. The molecule has 1 aromatic carbocycles. The maximum atomic E-state index is 12.1. The highest BCUT2D eigenvalue weighted by Crippen LogP contribution is 2.25. The average molecular weight is 399 g/mol. The van der Waals surface area contributed by atoms with Gasteiger partial charge in [-0.15, -0.1) is 0 Å². The number of unbranched alkanes of at least 4 members (excludes halogenated alkanes) is 3. The first kappa shape index (κ1) is 18.4. The van der Waals surface area contributed by atoms with E-state index in [4.69, 9.17) is 16.7 Å². The number of carboxylic acid groups (broad SMARTS) is 1. The molecule has 0 unspecified atom stereocenters. The summed E-state index contributed by atoms with van der Waals surface area (Å²) < 4.78 is 27.3. The molecule has 21 heavy (non-hydrogen) atoms. The molecule has 1 aromatic rings. The minimum atomic E-state index is -3.61. The SMILES string of the molecule is O=C(O)CCCCCCNS(=O)(=O)c1ccc(Br)cc1Cl. The predicted octanol–water partition coefficient (Wildman–Crippen LogP) is 3.42. The summed E-state index contributed by atoms with van der Waals surface area (Å²) in [5, 5.41) is 8.65. The van der Waals surface area contributed by atoms with Gasteiger partial charge in [0, 0.05) is 17.4 Å². The first-order chi connectivity index (χ1) is 9.83. The fourth-order valence-electron chi connectivity index (χ4n) is 1.73. The zero-order valence-corrected chi connectivity index (χ0v) is 14.5. The first-order valence-corrected chi connectivity index (χ1v) is 9.15. The Kier molecular flexibility index (Phi) is 7.65. The van der Waals surface area contributed by atoms with Crippen molar-refractivity contribution >= 4 is 43.5 Å². The summed E-state index contributed by atoms with van der Waals surface area (Å²) in [6.45, 7) is 0.307. The fourth-order valence-corrected chi connectivity index (χ4v) is 3.84. The number of sulfonamides is 1. The highest BCUT2D eigenvalue weighted by atomic mass is 79.9. The molecule has 0 spiro atoms. The van der Waals surface area contributed by atoms with Crippen LogP contribution in [0.4, 0.5) is 0 Å². The normalized spacial score (nSPS) is 11.5. The number of halogens is 2. The number of hydrogen-bond acceptors (Lipinski definition) is 3. The van der Waals surface area contributed by atoms with Gasteiger partial charge >= 0.3 is 5.97 Å². The summed E-state index contributed by atoms with van der Waals surface area (Å²) in [6, 6.07) is 4.59. The van der Waals surface area contributed by atoms with E-state index in [-0.39, 0.29) is 16.3 Å². The summed E-state index contributed by atoms with van der Waals surface area (Å²) in [5.41, 5.74) is 0. The van der Waals surface area contributed by atoms with Gasteiger partial charge in [0.2, 0.25) is 10.0 Å². The van der Waals surface area contributed by atoms with Crippen LogP contribution in [0.15, 0.2) is 27.6 Å². The number of benzene rings is 1. The number of rotatable bonds is 9. The van der Waals surface area contributed by atoms with Crippen molar-refractivity contribution in [2.45, 2.75) is 37.0 Å². The van der Waals surface area contributed by atoms with Crippen LogP contribution in [0.5, 0.6) is 0 Å². The summed E-state index contributed by atoms with van der Waals surface area (Å²) in [7, 11) is -3.61. The number of aliphatic carboxylic acids is 1. The quantitative estimate of drug-likeness (QED) is 0.624. The minimum absolute atomic E-state index is 0.0539. The van der Waals surface area contributed by atoms with Crippen molar-refractivity contribution in [3.05, 3.63) is 27.7 Å². The Bertz CT molecular complexity index is 592. The Morgan fingerprint density at radius 1 is 1.24 bits per heavy atom. The van der Waals surface area contributed by atoms with E-state index >= 15 is 0 Å². The van der Waals surface area contributed by atoms with Gasteiger partial charge in [0.15, 0.2) is 0 Å². The second-order valence-corrected chi connectivity index (χ2v) is 7.59. The van der Waals surface area contributed by atoms with Crippen molar-refractivity contribution in [3.8, 4) is 0 Å². The molecule has 0 aromatic heterocycles. The maximum absolute atomic E-state index is 12.1. The van der Waals surface area contributed by atoms with Crippen LogP contribution in [0.3, 0.4) is 0 Å². The average Bonchev–Trinajstić information content (AvgIpc) is 2.36. The van der Waals surface area contributed by atoms with Crippen LogP contribution in [0.25, 0.3) is 0 Å². The molecule has 0 aliphatic rings. The molecule has 0 aliphatic carbocycles. The van der Waals surface area contributed by atoms with Crippen molar-refractivity contribution in [1.82, 2.24) is 4.72 Å². The molecular weight excluding hydrogens is 382 g/mol. The topological polar surface area (TPSA) is 83.5 Å². The lowest BCUT2D eigenvalue weighted by Crippen LogP contribution is -2.25. The summed E-state index contributed by atoms with van der Waals surface area (Å²) in [4.78, 5) is 10.4. The van der Waals surface area contributed by atoms with Crippen molar-refractivity contribution in [3.63, 3.8) is 0 Å². The number of hydrogen-bond donors (Lipinski definition) is 2. The number of carbonyl (C=O) groups is 1. The maximum Gasteiger partial charge on any atom is 0.303 e. The Hall–Kier alpha value is -0.630. The van der Waals surface area contributed by atoms with Crippen molar-refractivity contribution in [1.29, 1.82) is 0 Å². The molecule has 0 saturated heterocycles. The van der Waals surface area contributed by atoms with Crippen molar-refractivity contribution in [2.75, 3.05) is 6.54 Å². The highest BCUT2D eigenvalue weighted by molar-refractivity contribution is 9.10. The number of carboxylic acids is 1. The van der Waals surface area contributed by atoms with E-state index in [1.165, 1.54) is 12.1 Å². The molecule has 0 aliphatic heterocycles. The Balaban J connectivity index is 2.38. The lowest BCUT2D eigenvalue weighted by molar-refractivity contribution is -0.137. The van der Waals surface area contributed by atoms with Crippen LogP contribution in [0.2, 0.25) is 5.02 Å². The van der Waals surface area contributed by atoms with E-state index in [0.29, 0.717) is 23.9 Å². The minimum Gasteiger partial charge on any atom is -0.481 e. The molecule has 0 amide bonds. The van der Waals surface area contributed by atoms with Gasteiger partial charge in [-0.25, -0.2) is 13.1 Å². The monoisotopic (exact) mass is 397 g/mol. The van der Waals surface area contributed by atoms with E-state index in [1.54, 1.807) is 6.07 Å². The van der Waals surface area contributed by atoms with Crippen molar-refractivity contribution < 1.29 is 18.3 Å². The summed E-state index contributed by atoms with van der Waals surface area (Å²) in [6.07, 6.45) is 2.98. The standard InChI is InChI=1S/C13H17BrClNO4S/c14-10-6-7-12(11(15)9-10)21(19,20)16-8-4-2-1-3-5-13(17)18/h6-7,9,16H,1-5,8H2,(H,17,18). The third kappa shape index (κ3) is 6.78. The van der Waals surface area contributed by atoms with Gasteiger partial charge in [0.25, 0.3) is 0 Å². The smallest absolute Gasteiger partial charge is 0.303 e. The molecule has 0 heterocycles. The van der Waals surface area contributed by atoms with Gasteiger partial charge in [-0.3, -0.25) is 4.79 Å². The number of nitrogens with one attached hydrogen (secondary N) is 1. The van der Waals surface area contributed by atoms with Crippen LogP contribution in [-0.2, 0) is 14.8 Å². The van der Waals surface area contributed by atoms with E-state index in [0.717, 1.165) is 12.8 Å². The van der Waals surface area contributed by atoms with Gasteiger partial charge in [-0.1, -0.05) is 40.4 Å². The van der Waals surface area contributed by atoms with E-state index in [9.17, 15) is 13.2 Å².